The van der Waals surface area contributed by atoms with E-state index in [4.69, 9.17) is 22.1 Å². The van der Waals surface area contributed by atoms with Gasteiger partial charge in [0.1, 0.15) is 6.61 Å². The summed E-state index contributed by atoms with van der Waals surface area (Å²) in [5, 5.41) is 17.1. The number of anilines is 2. The normalized spacial score (nSPS) is 26.0. The lowest BCUT2D eigenvalue weighted by Gasteiger charge is -2.35. The molecule has 1 aromatic heterocycles. The molecule has 2 amide bonds. The lowest BCUT2D eigenvalue weighted by atomic mass is 9.81. The maximum absolute atomic E-state index is 14.3. The van der Waals surface area contributed by atoms with Gasteiger partial charge >= 0.3 is 6.09 Å². The summed E-state index contributed by atoms with van der Waals surface area (Å²) in [6, 6.07) is 3.62. The van der Waals surface area contributed by atoms with Crippen LogP contribution in [0.15, 0.2) is 24.4 Å². The quantitative estimate of drug-likeness (QED) is 0.240. The fourth-order valence-electron chi connectivity index (χ4n) is 6.23. The zero-order valence-electron chi connectivity index (χ0n) is 21.8. The van der Waals surface area contributed by atoms with Gasteiger partial charge in [0, 0.05) is 67.6 Å². The maximum atomic E-state index is 14.3. The zero-order chi connectivity index (χ0) is 28.6. The molecule has 40 heavy (non-hydrogen) atoms. The molecule has 2 saturated carbocycles. The van der Waals surface area contributed by atoms with Crippen molar-refractivity contribution in [1.82, 2.24) is 20.2 Å². The number of nitrogens with one attached hydrogen (secondary N) is 2. The van der Waals surface area contributed by atoms with Gasteiger partial charge in [0.05, 0.1) is 17.0 Å². The lowest BCUT2D eigenvalue weighted by molar-refractivity contribution is -0.384. The average molecular weight is 577 g/mol. The van der Waals surface area contributed by atoms with Crippen LogP contribution >= 0.6 is 11.6 Å². The third kappa shape index (κ3) is 5.72. The molecule has 1 saturated heterocycles. The summed E-state index contributed by atoms with van der Waals surface area (Å²) in [5.74, 6) is -2.34. The number of nitro groups is 1. The Balaban J connectivity index is 1.26. The summed E-state index contributed by atoms with van der Waals surface area (Å²) in [6.45, 7) is 3.01. The summed E-state index contributed by atoms with van der Waals surface area (Å²) in [4.78, 5) is 47.8. The Morgan fingerprint density at radius 3 is 2.73 bits per heavy atom. The molecule has 3 fully saturated rings. The molecule has 2 bridgehead atoms. The highest BCUT2D eigenvalue weighted by Crippen LogP contribution is 2.49. The number of piperazine rings is 1. The van der Waals surface area contributed by atoms with E-state index in [-0.39, 0.29) is 41.3 Å². The van der Waals surface area contributed by atoms with Crippen molar-refractivity contribution >= 4 is 40.8 Å². The van der Waals surface area contributed by atoms with E-state index in [9.17, 15) is 24.1 Å². The second-order valence-corrected chi connectivity index (χ2v) is 10.9. The standard InChI is InChI=1S/C25H30ClFN8O5/c1-33-4-6-34(7-5-33)19-3-2-15(35(38)39)8-14(19)12-40-25(37)30-18-10-13-9-16(18)21(20(13)22(28)36)31-23-17(27)11-29-24(26)32-23/h2-3,8,11,13,16,18,20-21H,4-7,9-10,12H2,1H3,(H2,28,36)(H,30,37)(H,29,31,32)/t13-,16+,18+,20-,21+/m0/s1. The number of ether oxygens (including phenoxy) is 1. The molecule has 2 aromatic rings. The highest BCUT2D eigenvalue weighted by Gasteiger charge is 2.55. The van der Waals surface area contributed by atoms with Crippen molar-refractivity contribution in [3.63, 3.8) is 0 Å². The number of halogens is 2. The van der Waals surface area contributed by atoms with Crippen LogP contribution in [-0.4, -0.2) is 77.1 Å². The molecular weight excluding hydrogens is 547 g/mol. The van der Waals surface area contributed by atoms with E-state index in [2.05, 4.69) is 30.4 Å². The third-order valence-electron chi connectivity index (χ3n) is 8.13. The molecule has 1 aromatic carbocycles. The van der Waals surface area contributed by atoms with Crippen LogP contribution in [0.25, 0.3) is 0 Å². The minimum Gasteiger partial charge on any atom is -0.445 e. The van der Waals surface area contributed by atoms with Crippen molar-refractivity contribution in [3.05, 3.63) is 51.2 Å². The SMILES string of the molecule is CN1CCN(c2ccc([N+](=O)[O-])cc2COC(=O)N[C@@H]2C[C@@H]3C[C@H]2[C@@H](Nc2nc(Cl)ncc2F)[C@H]3C(N)=O)CC1. The molecule has 4 N–H and O–H groups in total. The number of alkyl carbamates (subject to hydrolysis) is 1. The number of amides is 2. The number of nitrogens with zero attached hydrogens (tertiary/aromatic N) is 5. The second kappa shape index (κ2) is 11.4. The maximum Gasteiger partial charge on any atom is 0.407 e. The number of hydrogen-bond donors (Lipinski definition) is 3. The Morgan fingerprint density at radius 2 is 2.02 bits per heavy atom. The van der Waals surface area contributed by atoms with E-state index < -0.39 is 34.7 Å². The van der Waals surface area contributed by atoms with Crippen LogP contribution in [0, 0.1) is 33.7 Å². The van der Waals surface area contributed by atoms with Crippen molar-refractivity contribution in [2.45, 2.75) is 31.5 Å². The van der Waals surface area contributed by atoms with Gasteiger partial charge in [-0.05, 0) is 43.5 Å². The van der Waals surface area contributed by atoms with E-state index in [0.29, 0.717) is 18.4 Å². The largest absolute Gasteiger partial charge is 0.445 e. The number of primary amides is 1. The fourth-order valence-corrected chi connectivity index (χ4v) is 6.36. The van der Waals surface area contributed by atoms with Crippen molar-refractivity contribution in [2.24, 2.45) is 23.5 Å². The molecule has 214 valence electrons. The van der Waals surface area contributed by atoms with Crippen LogP contribution in [-0.2, 0) is 16.1 Å². The van der Waals surface area contributed by atoms with Crippen molar-refractivity contribution < 1.29 is 23.6 Å². The molecule has 1 aliphatic heterocycles. The highest BCUT2D eigenvalue weighted by atomic mass is 35.5. The number of rotatable bonds is 8. The van der Waals surface area contributed by atoms with Crippen molar-refractivity contribution in [1.29, 1.82) is 0 Å². The van der Waals surface area contributed by atoms with Gasteiger partial charge < -0.3 is 30.9 Å². The Hall–Kier alpha value is -3.78. The molecule has 3 aliphatic rings. The summed E-state index contributed by atoms with van der Waals surface area (Å²) >= 11 is 5.82. The minimum atomic E-state index is -0.729. The summed E-state index contributed by atoms with van der Waals surface area (Å²) in [7, 11) is 2.03. The number of aromatic nitrogens is 2. The van der Waals surface area contributed by atoms with E-state index >= 15 is 0 Å². The van der Waals surface area contributed by atoms with Crippen LogP contribution in [0.3, 0.4) is 0 Å². The number of benzene rings is 1. The first-order chi connectivity index (χ1) is 19.1. The third-order valence-corrected chi connectivity index (χ3v) is 8.31. The van der Waals surface area contributed by atoms with Gasteiger partial charge in [0.15, 0.2) is 11.6 Å². The minimum absolute atomic E-state index is 0.0894. The predicted molar refractivity (Wildman–Crippen MR) is 143 cm³/mol. The first-order valence-electron chi connectivity index (χ1n) is 13.0. The first kappa shape index (κ1) is 27.8. The topological polar surface area (TPSA) is 169 Å². The zero-order valence-corrected chi connectivity index (χ0v) is 22.5. The second-order valence-electron chi connectivity index (χ2n) is 10.5. The molecule has 15 heteroatoms. The van der Waals surface area contributed by atoms with Crippen LogP contribution in [0.4, 0.5) is 26.4 Å². The van der Waals surface area contributed by atoms with Crippen molar-refractivity contribution in [3.8, 4) is 0 Å². The predicted octanol–water partition coefficient (Wildman–Crippen LogP) is 2.15. The molecule has 2 aliphatic carbocycles. The Labute approximate surface area is 234 Å². The lowest BCUT2D eigenvalue weighted by Crippen LogP contribution is -2.51. The number of carbonyl (C=O) groups is 2. The Bertz CT molecular complexity index is 1310. The number of likely N-dealkylation sites (N-methyl/N-ethyl adjacent to an activating group) is 1. The Morgan fingerprint density at radius 1 is 1.27 bits per heavy atom. The fraction of sp³-hybridized carbons (Fsp3) is 0.520. The number of nitrogens with two attached hydrogens (primary N) is 1. The van der Waals surface area contributed by atoms with Crippen LogP contribution < -0.4 is 21.3 Å². The monoisotopic (exact) mass is 576 g/mol. The van der Waals surface area contributed by atoms with E-state index in [1.54, 1.807) is 6.07 Å². The van der Waals surface area contributed by atoms with Gasteiger partial charge in [-0.15, -0.1) is 0 Å². The van der Waals surface area contributed by atoms with Gasteiger partial charge in [-0.1, -0.05) is 0 Å². The van der Waals surface area contributed by atoms with Gasteiger partial charge in [-0.2, -0.15) is 4.98 Å². The Kier molecular flexibility index (Phi) is 7.90. The molecular formula is C25H30ClFN8O5. The van der Waals surface area contributed by atoms with Crippen LogP contribution in [0.1, 0.15) is 18.4 Å². The van der Waals surface area contributed by atoms with Crippen LogP contribution in [0.5, 0.6) is 0 Å². The van der Waals surface area contributed by atoms with Gasteiger partial charge in [0.2, 0.25) is 11.2 Å². The molecule has 0 unspecified atom stereocenters. The average Bonchev–Trinajstić information content (AvgIpc) is 3.48. The number of fused-ring (bicyclic) bond motifs is 2. The molecule has 5 rings (SSSR count). The summed E-state index contributed by atoms with van der Waals surface area (Å²) in [5.41, 5.74) is 6.90. The molecule has 5 atom stereocenters. The van der Waals surface area contributed by atoms with Gasteiger partial charge in [0.25, 0.3) is 5.69 Å². The van der Waals surface area contributed by atoms with Crippen LogP contribution in [0.2, 0.25) is 5.28 Å². The molecule has 13 nitrogen and oxygen atoms in total. The number of carbonyl (C=O) groups excluding carboxylic acids is 2. The summed E-state index contributed by atoms with van der Waals surface area (Å²) < 4.78 is 19.9. The van der Waals surface area contributed by atoms with Crippen molar-refractivity contribution in [2.75, 3.05) is 43.4 Å². The van der Waals surface area contributed by atoms with Gasteiger partial charge in [-0.3, -0.25) is 14.9 Å². The molecule has 0 radical (unpaired) electrons. The molecule has 2 heterocycles. The molecule has 0 spiro atoms. The number of hydrogen-bond acceptors (Lipinski definition) is 10. The first-order valence-corrected chi connectivity index (χ1v) is 13.4. The van der Waals surface area contributed by atoms with E-state index in [0.717, 1.165) is 38.1 Å². The number of nitro benzene ring substituents is 1. The summed E-state index contributed by atoms with van der Waals surface area (Å²) in [6.07, 6.45) is 1.33. The number of non-ortho nitro benzene ring substituents is 1. The highest BCUT2D eigenvalue weighted by molar-refractivity contribution is 6.28. The van der Waals surface area contributed by atoms with E-state index in [1.165, 1.54) is 12.1 Å². The van der Waals surface area contributed by atoms with Gasteiger partial charge in [-0.25, -0.2) is 14.2 Å². The van der Waals surface area contributed by atoms with E-state index in [1.807, 2.05) is 7.05 Å². The smallest absolute Gasteiger partial charge is 0.407 e.